The summed E-state index contributed by atoms with van der Waals surface area (Å²) >= 11 is 5.93. The predicted octanol–water partition coefficient (Wildman–Crippen LogP) is 4.71. The van der Waals surface area contributed by atoms with Crippen LogP contribution in [0.4, 0.5) is 0 Å². The van der Waals surface area contributed by atoms with Gasteiger partial charge in [0, 0.05) is 34.6 Å². The molecular weight excluding hydrogens is 326 g/mol. The molecule has 0 fully saturated rings. The number of hydrogen-bond acceptors (Lipinski definition) is 4. The Kier molecular flexibility index (Phi) is 3.97. The molecule has 0 atom stereocenters. The third-order valence-electron chi connectivity index (χ3n) is 3.72. The van der Waals surface area contributed by atoms with Gasteiger partial charge >= 0.3 is 0 Å². The van der Waals surface area contributed by atoms with E-state index in [0.717, 1.165) is 28.2 Å². The summed E-state index contributed by atoms with van der Waals surface area (Å²) in [6.45, 7) is 0.680. The van der Waals surface area contributed by atoms with Gasteiger partial charge < -0.3 is 14.2 Å². The van der Waals surface area contributed by atoms with Gasteiger partial charge in [-0.1, -0.05) is 23.7 Å². The summed E-state index contributed by atoms with van der Waals surface area (Å²) in [5.41, 5.74) is 3.08. The first-order valence-electron chi connectivity index (χ1n) is 7.50. The number of fused-ring (bicyclic) bond motifs is 1. The van der Waals surface area contributed by atoms with Crippen molar-refractivity contribution >= 4 is 11.6 Å². The number of aromatic nitrogens is 1. The van der Waals surface area contributed by atoms with Gasteiger partial charge in [-0.3, -0.25) is 4.98 Å². The SMILES string of the molecule is Clc1ccc(-c2cncc(COc3ccc4c(c3)OCO4)c2)cc1. The van der Waals surface area contributed by atoms with Gasteiger partial charge in [-0.2, -0.15) is 0 Å². The largest absolute Gasteiger partial charge is 0.489 e. The van der Waals surface area contributed by atoms with Crippen molar-refractivity contribution in [1.82, 2.24) is 4.98 Å². The van der Waals surface area contributed by atoms with E-state index in [1.165, 1.54) is 0 Å². The summed E-state index contributed by atoms with van der Waals surface area (Å²) in [6.07, 6.45) is 3.62. The number of ether oxygens (including phenoxy) is 3. The molecule has 1 aliphatic heterocycles. The van der Waals surface area contributed by atoms with Crippen molar-refractivity contribution < 1.29 is 14.2 Å². The van der Waals surface area contributed by atoms with E-state index >= 15 is 0 Å². The van der Waals surface area contributed by atoms with Gasteiger partial charge in [0.15, 0.2) is 11.5 Å². The van der Waals surface area contributed by atoms with Crippen molar-refractivity contribution in [3.05, 3.63) is 71.5 Å². The van der Waals surface area contributed by atoms with Crippen LogP contribution in [0.2, 0.25) is 5.02 Å². The summed E-state index contributed by atoms with van der Waals surface area (Å²) in [4.78, 5) is 4.30. The van der Waals surface area contributed by atoms with Crippen molar-refractivity contribution in [2.75, 3.05) is 6.79 Å². The molecule has 24 heavy (non-hydrogen) atoms. The third-order valence-corrected chi connectivity index (χ3v) is 3.97. The molecule has 120 valence electrons. The quantitative estimate of drug-likeness (QED) is 0.690. The Bertz CT molecular complexity index is 865. The Hall–Kier alpha value is -2.72. The van der Waals surface area contributed by atoms with Crippen LogP contribution in [0.5, 0.6) is 17.2 Å². The van der Waals surface area contributed by atoms with E-state index in [1.807, 2.05) is 48.7 Å². The van der Waals surface area contributed by atoms with E-state index in [9.17, 15) is 0 Å². The summed E-state index contributed by atoms with van der Waals surface area (Å²) < 4.78 is 16.5. The molecule has 0 spiro atoms. The fraction of sp³-hybridized carbons (Fsp3) is 0.105. The summed E-state index contributed by atoms with van der Waals surface area (Å²) in [6, 6.07) is 15.3. The second kappa shape index (κ2) is 6.42. The number of nitrogens with zero attached hydrogens (tertiary/aromatic N) is 1. The number of rotatable bonds is 4. The van der Waals surface area contributed by atoms with Crippen LogP contribution in [0.1, 0.15) is 5.56 Å². The van der Waals surface area contributed by atoms with Crippen LogP contribution < -0.4 is 14.2 Å². The van der Waals surface area contributed by atoms with Crippen LogP contribution in [-0.4, -0.2) is 11.8 Å². The Morgan fingerprint density at radius 1 is 0.917 bits per heavy atom. The average molecular weight is 340 g/mol. The van der Waals surface area contributed by atoms with E-state index in [2.05, 4.69) is 11.1 Å². The zero-order chi connectivity index (χ0) is 16.4. The van der Waals surface area contributed by atoms with Gasteiger partial charge in [0.2, 0.25) is 6.79 Å². The van der Waals surface area contributed by atoms with Crippen LogP contribution in [0.25, 0.3) is 11.1 Å². The molecule has 0 saturated carbocycles. The minimum absolute atomic E-state index is 0.256. The summed E-state index contributed by atoms with van der Waals surface area (Å²) in [7, 11) is 0. The number of hydrogen-bond donors (Lipinski definition) is 0. The minimum Gasteiger partial charge on any atom is -0.489 e. The van der Waals surface area contributed by atoms with E-state index < -0.39 is 0 Å². The molecule has 0 N–H and O–H groups in total. The monoisotopic (exact) mass is 339 g/mol. The van der Waals surface area contributed by atoms with Crippen LogP contribution in [0, 0.1) is 0 Å². The molecule has 2 heterocycles. The second-order valence-electron chi connectivity index (χ2n) is 5.39. The molecule has 2 aromatic carbocycles. The maximum atomic E-state index is 5.93. The molecule has 3 aromatic rings. The highest BCUT2D eigenvalue weighted by atomic mass is 35.5. The van der Waals surface area contributed by atoms with E-state index in [1.54, 1.807) is 6.20 Å². The minimum atomic E-state index is 0.256. The first-order valence-corrected chi connectivity index (χ1v) is 7.88. The molecular formula is C19H14ClNO3. The normalized spacial score (nSPS) is 12.2. The first-order chi connectivity index (χ1) is 11.8. The first kappa shape index (κ1) is 14.8. The maximum absolute atomic E-state index is 5.93. The lowest BCUT2D eigenvalue weighted by molar-refractivity contribution is 0.173. The smallest absolute Gasteiger partial charge is 0.231 e. The van der Waals surface area contributed by atoms with Gasteiger partial charge in [0.1, 0.15) is 12.4 Å². The van der Waals surface area contributed by atoms with Crippen molar-refractivity contribution in [3.63, 3.8) is 0 Å². The Morgan fingerprint density at radius 2 is 1.75 bits per heavy atom. The number of halogens is 1. The summed E-state index contributed by atoms with van der Waals surface area (Å²) in [5, 5.41) is 0.717. The van der Waals surface area contributed by atoms with Crippen molar-refractivity contribution in [2.45, 2.75) is 6.61 Å². The van der Waals surface area contributed by atoms with Crippen LogP contribution in [-0.2, 0) is 6.61 Å². The second-order valence-corrected chi connectivity index (χ2v) is 5.83. The third kappa shape index (κ3) is 3.14. The molecule has 0 aliphatic carbocycles. The molecule has 5 heteroatoms. The van der Waals surface area contributed by atoms with Crippen molar-refractivity contribution in [2.24, 2.45) is 0 Å². The van der Waals surface area contributed by atoms with Gasteiger partial charge in [-0.05, 0) is 35.9 Å². The van der Waals surface area contributed by atoms with Crippen LogP contribution >= 0.6 is 11.6 Å². The highest BCUT2D eigenvalue weighted by Crippen LogP contribution is 2.35. The molecule has 0 radical (unpaired) electrons. The standard InChI is InChI=1S/C19H14ClNO3/c20-16-3-1-14(2-4-16)15-7-13(9-21-10-15)11-22-17-5-6-18-19(8-17)24-12-23-18/h1-10H,11-12H2. The lowest BCUT2D eigenvalue weighted by Gasteiger charge is -2.08. The zero-order valence-electron chi connectivity index (χ0n) is 12.7. The molecule has 0 amide bonds. The fourth-order valence-corrected chi connectivity index (χ4v) is 2.63. The van der Waals surface area contributed by atoms with E-state index in [0.29, 0.717) is 17.4 Å². The molecule has 1 aromatic heterocycles. The molecule has 0 saturated heterocycles. The van der Waals surface area contributed by atoms with Crippen molar-refractivity contribution in [1.29, 1.82) is 0 Å². The van der Waals surface area contributed by atoms with Crippen molar-refractivity contribution in [3.8, 4) is 28.4 Å². The number of pyridine rings is 1. The van der Waals surface area contributed by atoms with Crippen LogP contribution in [0.15, 0.2) is 60.9 Å². The summed E-state index contributed by atoms with van der Waals surface area (Å²) in [5.74, 6) is 2.19. The molecule has 1 aliphatic rings. The zero-order valence-corrected chi connectivity index (χ0v) is 13.5. The number of benzene rings is 2. The van der Waals surface area contributed by atoms with Gasteiger partial charge in [-0.15, -0.1) is 0 Å². The fourth-order valence-electron chi connectivity index (χ4n) is 2.50. The highest BCUT2D eigenvalue weighted by Gasteiger charge is 2.13. The van der Waals surface area contributed by atoms with E-state index in [-0.39, 0.29) is 6.79 Å². The lowest BCUT2D eigenvalue weighted by atomic mass is 10.1. The predicted molar refractivity (Wildman–Crippen MR) is 91.6 cm³/mol. The molecule has 4 rings (SSSR count). The van der Waals surface area contributed by atoms with Gasteiger partial charge in [0.05, 0.1) is 0 Å². The maximum Gasteiger partial charge on any atom is 0.231 e. The molecule has 4 nitrogen and oxygen atoms in total. The average Bonchev–Trinajstić information content (AvgIpc) is 3.08. The Morgan fingerprint density at radius 3 is 2.62 bits per heavy atom. The molecule has 0 unspecified atom stereocenters. The van der Waals surface area contributed by atoms with Gasteiger partial charge in [0.25, 0.3) is 0 Å². The van der Waals surface area contributed by atoms with E-state index in [4.69, 9.17) is 25.8 Å². The van der Waals surface area contributed by atoms with Crippen LogP contribution in [0.3, 0.4) is 0 Å². The molecule has 0 bridgehead atoms. The Balaban J connectivity index is 1.49. The van der Waals surface area contributed by atoms with Gasteiger partial charge in [-0.25, -0.2) is 0 Å². The Labute approximate surface area is 144 Å². The lowest BCUT2D eigenvalue weighted by Crippen LogP contribution is -1.96. The highest BCUT2D eigenvalue weighted by molar-refractivity contribution is 6.30. The topological polar surface area (TPSA) is 40.6 Å².